The second-order valence-electron chi connectivity index (χ2n) is 8.67. The maximum atomic E-state index is 12.5. The van der Waals surface area contributed by atoms with Crippen LogP contribution in [0.4, 0.5) is 0 Å². The summed E-state index contributed by atoms with van der Waals surface area (Å²) in [6, 6.07) is 6.12. The Kier molecular flexibility index (Phi) is 4.66. The summed E-state index contributed by atoms with van der Waals surface area (Å²) >= 11 is 0. The molecule has 5 rings (SSSR count). The summed E-state index contributed by atoms with van der Waals surface area (Å²) in [4.78, 5) is 36.1. The average Bonchev–Trinajstić information content (AvgIpc) is 2.64. The van der Waals surface area contributed by atoms with Crippen LogP contribution < -0.4 is 10.9 Å². The average molecular weight is 370 g/mol. The van der Waals surface area contributed by atoms with Gasteiger partial charge in [-0.3, -0.25) is 20.4 Å². The second-order valence-corrected chi connectivity index (χ2v) is 8.67. The first kappa shape index (κ1) is 18.0. The molecular formula is C21H26N2O4. The molecule has 1 aromatic rings. The van der Waals surface area contributed by atoms with Gasteiger partial charge >= 0.3 is 5.97 Å². The van der Waals surface area contributed by atoms with Crippen LogP contribution in [-0.4, -0.2) is 24.9 Å². The van der Waals surface area contributed by atoms with Crippen molar-refractivity contribution in [2.75, 3.05) is 7.11 Å². The lowest BCUT2D eigenvalue weighted by molar-refractivity contribution is -0.130. The number of methoxy groups -OCH3 is 1. The normalized spacial score (nSPS) is 30.6. The monoisotopic (exact) mass is 370 g/mol. The Morgan fingerprint density at radius 3 is 1.96 bits per heavy atom. The first-order chi connectivity index (χ1) is 13.0. The molecule has 6 nitrogen and oxygen atoms in total. The minimum Gasteiger partial charge on any atom is -0.465 e. The number of hydrazine groups is 1. The van der Waals surface area contributed by atoms with Crippen LogP contribution in [0.2, 0.25) is 0 Å². The van der Waals surface area contributed by atoms with E-state index in [4.69, 9.17) is 0 Å². The van der Waals surface area contributed by atoms with E-state index >= 15 is 0 Å². The van der Waals surface area contributed by atoms with Crippen LogP contribution in [-0.2, 0) is 9.53 Å². The summed E-state index contributed by atoms with van der Waals surface area (Å²) in [5.74, 6) is 1.43. The Hall–Kier alpha value is -2.37. The smallest absolute Gasteiger partial charge is 0.337 e. The fourth-order valence-corrected chi connectivity index (χ4v) is 5.97. The zero-order chi connectivity index (χ0) is 19.0. The molecule has 4 saturated carbocycles. The van der Waals surface area contributed by atoms with Gasteiger partial charge in [0.05, 0.1) is 12.7 Å². The number of hydrogen-bond donors (Lipinski definition) is 2. The largest absolute Gasteiger partial charge is 0.465 e. The van der Waals surface area contributed by atoms with Crippen LogP contribution in [0.15, 0.2) is 24.3 Å². The highest BCUT2D eigenvalue weighted by Gasteiger charge is 2.51. The zero-order valence-corrected chi connectivity index (χ0v) is 15.6. The quantitative estimate of drug-likeness (QED) is 0.630. The fraction of sp³-hybridized carbons (Fsp3) is 0.571. The lowest BCUT2D eigenvalue weighted by Gasteiger charge is -2.56. The highest BCUT2D eigenvalue weighted by Crippen LogP contribution is 2.61. The van der Waals surface area contributed by atoms with E-state index in [9.17, 15) is 14.4 Å². The molecular weight excluding hydrogens is 344 g/mol. The molecule has 0 saturated heterocycles. The third-order valence-electron chi connectivity index (χ3n) is 6.58. The Bertz CT molecular complexity index is 721. The molecule has 0 radical (unpaired) electrons. The summed E-state index contributed by atoms with van der Waals surface area (Å²) in [5.41, 5.74) is 5.96. The molecule has 6 heteroatoms. The van der Waals surface area contributed by atoms with Gasteiger partial charge in [0.2, 0.25) is 5.91 Å². The van der Waals surface area contributed by atoms with Crippen molar-refractivity contribution in [2.45, 2.75) is 44.9 Å². The molecule has 2 amide bonds. The van der Waals surface area contributed by atoms with Gasteiger partial charge in [-0.1, -0.05) is 0 Å². The molecule has 0 aromatic heterocycles. The number of carbonyl (C=O) groups is 3. The van der Waals surface area contributed by atoms with Gasteiger partial charge in [-0.05, 0) is 86.0 Å². The molecule has 0 aliphatic heterocycles. The topological polar surface area (TPSA) is 84.5 Å². The van der Waals surface area contributed by atoms with Gasteiger partial charge < -0.3 is 4.74 Å². The van der Waals surface area contributed by atoms with E-state index in [-0.39, 0.29) is 11.3 Å². The van der Waals surface area contributed by atoms with Gasteiger partial charge in [0.25, 0.3) is 5.91 Å². The fourth-order valence-electron chi connectivity index (χ4n) is 5.97. The van der Waals surface area contributed by atoms with Crippen LogP contribution in [0.25, 0.3) is 0 Å². The molecule has 0 atom stereocenters. The lowest BCUT2D eigenvalue weighted by Crippen LogP contribution is -2.50. The van der Waals surface area contributed by atoms with Crippen LogP contribution in [0.5, 0.6) is 0 Å². The highest BCUT2D eigenvalue weighted by atomic mass is 16.5. The Morgan fingerprint density at radius 1 is 0.926 bits per heavy atom. The number of benzene rings is 1. The lowest BCUT2D eigenvalue weighted by atomic mass is 9.49. The summed E-state index contributed by atoms with van der Waals surface area (Å²) in [6.45, 7) is 0. The molecule has 0 heterocycles. The van der Waals surface area contributed by atoms with Crippen LogP contribution >= 0.6 is 0 Å². The molecule has 4 bridgehead atoms. The van der Waals surface area contributed by atoms with Crippen molar-refractivity contribution in [3.05, 3.63) is 35.4 Å². The van der Waals surface area contributed by atoms with E-state index in [2.05, 4.69) is 15.6 Å². The summed E-state index contributed by atoms with van der Waals surface area (Å²) in [7, 11) is 1.31. The summed E-state index contributed by atoms with van der Waals surface area (Å²) in [5, 5.41) is 0. The van der Waals surface area contributed by atoms with Crippen molar-refractivity contribution < 1.29 is 19.1 Å². The maximum absolute atomic E-state index is 12.5. The van der Waals surface area contributed by atoms with Gasteiger partial charge in [0.15, 0.2) is 0 Å². The molecule has 27 heavy (non-hydrogen) atoms. The van der Waals surface area contributed by atoms with Gasteiger partial charge in [-0.15, -0.1) is 0 Å². The van der Waals surface area contributed by atoms with Crippen molar-refractivity contribution in [3.63, 3.8) is 0 Å². The zero-order valence-electron chi connectivity index (χ0n) is 15.6. The molecule has 4 aliphatic carbocycles. The standard InChI is InChI=1S/C21H26N2O4/c1-27-20(26)17-4-2-16(3-5-17)19(25)23-22-18(24)12-21-9-13-6-14(10-21)8-15(7-13)11-21/h2-5,13-15H,6-12H2,1H3,(H,22,24)(H,23,25). The predicted molar refractivity (Wildman–Crippen MR) is 98.6 cm³/mol. The molecule has 4 aliphatic rings. The molecule has 144 valence electrons. The van der Waals surface area contributed by atoms with Crippen molar-refractivity contribution in [1.82, 2.24) is 10.9 Å². The molecule has 2 N–H and O–H groups in total. The number of rotatable bonds is 4. The van der Waals surface area contributed by atoms with Crippen molar-refractivity contribution in [1.29, 1.82) is 0 Å². The van der Waals surface area contributed by atoms with Crippen LogP contribution in [0.3, 0.4) is 0 Å². The van der Waals surface area contributed by atoms with E-state index in [1.807, 2.05) is 0 Å². The maximum Gasteiger partial charge on any atom is 0.337 e. The van der Waals surface area contributed by atoms with Gasteiger partial charge in [0.1, 0.15) is 0 Å². The van der Waals surface area contributed by atoms with Crippen LogP contribution in [0, 0.1) is 23.2 Å². The van der Waals surface area contributed by atoms with E-state index in [0.29, 0.717) is 17.5 Å². The number of esters is 1. The van der Waals surface area contributed by atoms with Crippen LogP contribution in [0.1, 0.15) is 65.7 Å². The third-order valence-corrected chi connectivity index (χ3v) is 6.58. The second kappa shape index (κ2) is 6.98. The Morgan fingerprint density at radius 2 is 1.44 bits per heavy atom. The predicted octanol–water partition coefficient (Wildman–Crippen LogP) is 2.84. The number of ether oxygens (including phenoxy) is 1. The van der Waals surface area contributed by atoms with Gasteiger partial charge in [-0.25, -0.2) is 4.79 Å². The summed E-state index contributed by atoms with van der Waals surface area (Å²) < 4.78 is 4.63. The van der Waals surface area contributed by atoms with Crippen molar-refractivity contribution >= 4 is 17.8 Å². The van der Waals surface area contributed by atoms with Gasteiger partial charge in [-0.2, -0.15) is 0 Å². The molecule has 4 fully saturated rings. The number of hydrogen-bond acceptors (Lipinski definition) is 4. The van der Waals surface area contributed by atoms with Crippen molar-refractivity contribution in [3.8, 4) is 0 Å². The Balaban J connectivity index is 1.30. The Labute approximate surface area is 159 Å². The third kappa shape index (κ3) is 3.70. The van der Waals surface area contributed by atoms with E-state index in [1.54, 1.807) is 0 Å². The van der Waals surface area contributed by atoms with Crippen molar-refractivity contribution in [2.24, 2.45) is 23.2 Å². The first-order valence-electron chi connectivity index (χ1n) is 9.74. The van der Waals surface area contributed by atoms with E-state index < -0.39 is 11.9 Å². The molecule has 0 spiro atoms. The van der Waals surface area contributed by atoms with E-state index in [0.717, 1.165) is 37.0 Å². The van der Waals surface area contributed by atoms with Gasteiger partial charge in [0, 0.05) is 12.0 Å². The summed E-state index contributed by atoms with van der Waals surface area (Å²) in [6.07, 6.45) is 8.02. The first-order valence-corrected chi connectivity index (χ1v) is 9.74. The molecule has 0 unspecified atom stereocenters. The minimum atomic E-state index is -0.453. The number of nitrogens with one attached hydrogen (secondary N) is 2. The highest BCUT2D eigenvalue weighted by molar-refractivity contribution is 5.97. The number of carbonyl (C=O) groups excluding carboxylic acids is 3. The molecule has 1 aromatic carbocycles. The number of amides is 2. The SMILES string of the molecule is COC(=O)c1ccc(C(=O)NNC(=O)CC23CC4CC(CC(C4)C2)C3)cc1. The van der Waals surface area contributed by atoms with E-state index in [1.165, 1.54) is 50.6 Å². The minimum absolute atomic E-state index is 0.114.